The van der Waals surface area contributed by atoms with Crippen molar-refractivity contribution in [2.45, 2.75) is 26.3 Å². The zero-order valence-electron chi connectivity index (χ0n) is 16.6. The lowest BCUT2D eigenvalue weighted by Gasteiger charge is -2.23. The number of para-hydroxylation sites is 1. The van der Waals surface area contributed by atoms with Crippen LogP contribution in [-0.4, -0.2) is 18.3 Å². The van der Waals surface area contributed by atoms with Crippen LogP contribution in [0.2, 0.25) is 0 Å². The highest BCUT2D eigenvalue weighted by molar-refractivity contribution is 5.94. The Morgan fingerprint density at radius 1 is 0.793 bits per heavy atom. The van der Waals surface area contributed by atoms with Gasteiger partial charge in [-0.3, -0.25) is 4.79 Å². The molecule has 3 aromatic rings. The molecule has 0 aromatic heterocycles. The van der Waals surface area contributed by atoms with E-state index in [1.54, 1.807) is 11.8 Å². The summed E-state index contributed by atoms with van der Waals surface area (Å²) in [6, 6.07) is 27.1. The Balaban J connectivity index is 1.64. The SMILES string of the molecule is CC(=O)CCc1ccc(OCC(=O)N(Cc2ccccc2)c2ccccc2)cc1. The maximum atomic E-state index is 12.9. The predicted molar refractivity (Wildman–Crippen MR) is 115 cm³/mol. The Morgan fingerprint density at radius 2 is 1.41 bits per heavy atom. The number of benzene rings is 3. The van der Waals surface area contributed by atoms with Crippen LogP contribution in [0.5, 0.6) is 5.75 Å². The summed E-state index contributed by atoms with van der Waals surface area (Å²) in [5, 5.41) is 0. The van der Waals surface area contributed by atoms with Crippen molar-refractivity contribution in [1.82, 2.24) is 0 Å². The summed E-state index contributed by atoms with van der Waals surface area (Å²) in [6.45, 7) is 2.03. The number of aryl methyl sites for hydroxylation is 1. The number of carbonyl (C=O) groups excluding carboxylic acids is 2. The number of hydrogen-bond acceptors (Lipinski definition) is 3. The molecule has 3 aromatic carbocycles. The highest BCUT2D eigenvalue weighted by atomic mass is 16.5. The Labute approximate surface area is 171 Å². The van der Waals surface area contributed by atoms with Crippen LogP contribution in [0.25, 0.3) is 0 Å². The van der Waals surface area contributed by atoms with E-state index in [-0.39, 0.29) is 18.3 Å². The maximum Gasteiger partial charge on any atom is 0.265 e. The quantitative estimate of drug-likeness (QED) is 0.529. The second-order valence-corrected chi connectivity index (χ2v) is 6.94. The van der Waals surface area contributed by atoms with E-state index < -0.39 is 0 Å². The molecule has 4 nitrogen and oxygen atoms in total. The number of amides is 1. The van der Waals surface area contributed by atoms with Gasteiger partial charge < -0.3 is 14.4 Å². The van der Waals surface area contributed by atoms with Crippen molar-refractivity contribution in [1.29, 1.82) is 0 Å². The summed E-state index contributed by atoms with van der Waals surface area (Å²) >= 11 is 0. The molecule has 0 radical (unpaired) electrons. The molecule has 0 bridgehead atoms. The molecule has 0 N–H and O–H groups in total. The number of hydrogen-bond donors (Lipinski definition) is 0. The van der Waals surface area contributed by atoms with Gasteiger partial charge in [0.25, 0.3) is 5.91 Å². The number of ketones is 1. The summed E-state index contributed by atoms with van der Waals surface area (Å²) in [6.07, 6.45) is 1.25. The van der Waals surface area contributed by atoms with Gasteiger partial charge in [-0.05, 0) is 48.7 Å². The van der Waals surface area contributed by atoms with Crippen molar-refractivity contribution in [3.63, 3.8) is 0 Å². The highest BCUT2D eigenvalue weighted by Crippen LogP contribution is 2.18. The van der Waals surface area contributed by atoms with Crippen LogP contribution in [0, 0.1) is 0 Å². The number of anilines is 1. The summed E-state index contributed by atoms with van der Waals surface area (Å²) in [5.41, 5.74) is 2.97. The van der Waals surface area contributed by atoms with E-state index >= 15 is 0 Å². The smallest absolute Gasteiger partial charge is 0.265 e. The Morgan fingerprint density at radius 3 is 2.03 bits per heavy atom. The minimum atomic E-state index is -0.110. The van der Waals surface area contributed by atoms with Crippen molar-refractivity contribution >= 4 is 17.4 Å². The zero-order valence-corrected chi connectivity index (χ0v) is 16.6. The first kappa shape index (κ1) is 20.3. The van der Waals surface area contributed by atoms with Gasteiger partial charge in [-0.1, -0.05) is 60.7 Å². The Bertz CT molecular complexity index is 921. The van der Waals surface area contributed by atoms with Gasteiger partial charge >= 0.3 is 0 Å². The molecule has 29 heavy (non-hydrogen) atoms. The minimum Gasteiger partial charge on any atom is -0.484 e. The van der Waals surface area contributed by atoms with Gasteiger partial charge in [0.1, 0.15) is 11.5 Å². The van der Waals surface area contributed by atoms with Crippen LogP contribution in [0.3, 0.4) is 0 Å². The van der Waals surface area contributed by atoms with Crippen molar-refractivity contribution < 1.29 is 14.3 Å². The second kappa shape index (κ2) is 10.2. The summed E-state index contributed by atoms with van der Waals surface area (Å²) < 4.78 is 5.73. The molecule has 0 aliphatic heterocycles. The van der Waals surface area contributed by atoms with E-state index in [0.29, 0.717) is 25.1 Å². The molecule has 0 fully saturated rings. The summed E-state index contributed by atoms with van der Waals surface area (Å²) in [7, 11) is 0. The average molecular weight is 387 g/mol. The monoisotopic (exact) mass is 387 g/mol. The average Bonchev–Trinajstić information content (AvgIpc) is 2.76. The van der Waals surface area contributed by atoms with Gasteiger partial charge in [-0.2, -0.15) is 0 Å². The number of nitrogens with zero attached hydrogens (tertiary/aromatic N) is 1. The van der Waals surface area contributed by atoms with Gasteiger partial charge in [0.2, 0.25) is 0 Å². The molecule has 0 atom stereocenters. The van der Waals surface area contributed by atoms with Crippen LogP contribution in [0.15, 0.2) is 84.9 Å². The van der Waals surface area contributed by atoms with Crippen molar-refractivity contribution in [3.8, 4) is 5.75 Å². The standard InChI is InChI=1S/C25H25NO3/c1-20(27)12-13-21-14-16-24(17-15-21)29-19-25(28)26(23-10-6-3-7-11-23)18-22-8-4-2-5-9-22/h2-11,14-17H,12-13,18-19H2,1H3. The van der Waals surface area contributed by atoms with E-state index in [2.05, 4.69) is 0 Å². The zero-order chi connectivity index (χ0) is 20.5. The number of Topliss-reactive ketones (excluding diaryl/α,β-unsaturated/α-hetero) is 1. The Kier molecular flexibility index (Phi) is 7.17. The van der Waals surface area contributed by atoms with Crippen LogP contribution in [0.1, 0.15) is 24.5 Å². The summed E-state index contributed by atoms with van der Waals surface area (Å²) in [4.78, 5) is 25.8. The van der Waals surface area contributed by atoms with Crippen molar-refractivity contribution in [2.24, 2.45) is 0 Å². The first-order valence-electron chi connectivity index (χ1n) is 9.72. The highest BCUT2D eigenvalue weighted by Gasteiger charge is 2.17. The van der Waals surface area contributed by atoms with Crippen LogP contribution < -0.4 is 9.64 Å². The number of carbonyl (C=O) groups is 2. The first-order chi connectivity index (χ1) is 14.1. The maximum absolute atomic E-state index is 12.9. The van der Waals surface area contributed by atoms with Gasteiger partial charge in [-0.15, -0.1) is 0 Å². The largest absolute Gasteiger partial charge is 0.484 e. The molecule has 3 rings (SSSR count). The van der Waals surface area contributed by atoms with Crippen LogP contribution >= 0.6 is 0 Å². The molecule has 0 aliphatic carbocycles. The molecule has 0 saturated carbocycles. The third-order valence-corrected chi connectivity index (χ3v) is 4.60. The topological polar surface area (TPSA) is 46.6 Å². The van der Waals surface area contributed by atoms with Gasteiger partial charge in [0.15, 0.2) is 6.61 Å². The molecule has 0 saturated heterocycles. The molecule has 0 spiro atoms. The van der Waals surface area contributed by atoms with Gasteiger partial charge in [0, 0.05) is 12.1 Å². The van der Waals surface area contributed by atoms with Crippen LogP contribution in [-0.2, 0) is 22.6 Å². The lowest BCUT2D eigenvalue weighted by Crippen LogP contribution is -2.34. The molecule has 1 amide bonds. The van der Waals surface area contributed by atoms with Crippen molar-refractivity contribution in [3.05, 3.63) is 96.1 Å². The van der Waals surface area contributed by atoms with E-state index in [1.807, 2.05) is 84.9 Å². The fourth-order valence-electron chi connectivity index (χ4n) is 2.99. The lowest BCUT2D eigenvalue weighted by atomic mass is 10.1. The van der Waals surface area contributed by atoms with Crippen LogP contribution in [0.4, 0.5) is 5.69 Å². The molecule has 0 unspecified atom stereocenters. The van der Waals surface area contributed by atoms with E-state index in [4.69, 9.17) is 4.74 Å². The molecule has 0 aliphatic rings. The Hall–Kier alpha value is -3.40. The summed E-state index contributed by atoms with van der Waals surface area (Å²) in [5.74, 6) is 0.702. The molecular formula is C25H25NO3. The molecular weight excluding hydrogens is 362 g/mol. The van der Waals surface area contributed by atoms with E-state index in [0.717, 1.165) is 16.8 Å². The normalized spacial score (nSPS) is 10.4. The minimum absolute atomic E-state index is 0.0471. The fourth-order valence-corrected chi connectivity index (χ4v) is 2.99. The third-order valence-electron chi connectivity index (χ3n) is 4.60. The van der Waals surface area contributed by atoms with Gasteiger partial charge in [-0.25, -0.2) is 0 Å². The predicted octanol–water partition coefficient (Wildman–Crippen LogP) is 4.82. The third kappa shape index (κ3) is 6.32. The van der Waals surface area contributed by atoms with E-state index in [9.17, 15) is 9.59 Å². The number of rotatable bonds is 9. The molecule has 0 heterocycles. The number of ether oxygens (including phenoxy) is 1. The molecule has 4 heteroatoms. The van der Waals surface area contributed by atoms with Crippen molar-refractivity contribution in [2.75, 3.05) is 11.5 Å². The van der Waals surface area contributed by atoms with E-state index in [1.165, 1.54) is 0 Å². The molecule has 148 valence electrons. The lowest BCUT2D eigenvalue weighted by molar-refractivity contribution is -0.120. The first-order valence-corrected chi connectivity index (χ1v) is 9.72. The second-order valence-electron chi connectivity index (χ2n) is 6.94. The van der Waals surface area contributed by atoms with Gasteiger partial charge in [0.05, 0.1) is 6.54 Å². The fraction of sp³-hybridized carbons (Fsp3) is 0.200.